The van der Waals surface area contributed by atoms with E-state index in [-0.39, 0.29) is 12.5 Å². The molecule has 4 nitrogen and oxygen atoms in total. The van der Waals surface area contributed by atoms with E-state index in [1.54, 1.807) is 0 Å². The molecule has 0 unspecified atom stereocenters. The van der Waals surface area contributed by atoms with Gasteiger partial charge in [-0.1, -0.05) is 0 Å². The van der Waals surface area contributed by atoms with Crippen LogP contribution in [0.4, 0.5) is 0 Å². The molecule has 0 spiro atoms. The molecule has 0 bridgehead atoms. The molecule has 0 radical (unpaired) electrons. The van der Waals surface area contributed by atoms with E-state index >= 15 is 0 Å². The number of rotatable bonds is 1. The molecular formula is C9H16N2O2. The largest absolute Gasteiger partial charge is 0.381 e. The Balaban J connectivity index is 1.93. The van der Waals surface area contributed by atoms with E-state index < -0.39 is 0 Å². The third-order valence-electron chi connectivity index (χ3n) is 3.08. The van der Waals surface area contributed by atoms with Crippen LogP contribution in [0, 0.1) is 11.8 Å². The first-order valence-electron chi connectivity index (χ1n) is 4.87. The number of carbonyl (C=O) groups is 1. The fraction of sp³-hybridized carbons (Fsp3) is 0.889. The molecule has 1 amide bonds. The fourth-order valence-electron chi connectivity index (χ4n) is 2.22. The van der Waals surface area contributed by atoms with Gasteiger partial charge in [0.1, 0.15) is 0 Å². The van der Waals surface area contributed by atoms with E-state index in [1.807, 2.05) is 4.90 Å². The van der Waals surface area contributed by atoms with Crippen LogP contribution in [0.2, 0.25) is 0 Å². The van der Waals surface area contributed by atoms with Crippen molar-refractivity contribution in [3.05, 3.63) is 0 Å². The Morgan fingerprint density at radius 2 is 2.23 bits per heavy atom. The van der Waals surface area contributed by atoms with E-state index in [0.717, 1.165) is 32.7 Å². The summed E-state index contributed by atoms with van der Waals surface area (Å²) in [7, 11) is 0. The average molecular weight is 184 g/mol. The summed E-state index contributed by atoms with van der Waals surface area (Å²) in [5, 5.41) is 0. The smallest absolute Gasteiger partial charge is 0.236 e. The van der Waals surface area contributed by atoms with Crippen LogP contribution < -0.4 is 5.73 Å². The highest BCUT2D eigenvalue weighted by Crippen LogP contribution is 2.28. The fourth-order valence-corrected chi connectivity index (χ4v) is 2.22. The standard InChI is InChI=1S/C9H16N2O2/c10-3-9(12)11-2-1-7-5-13-6-8(7)4-11/h7-8H,1-6,10H2/t7-,8+/m0/s1. The highest BCUT2D eigenvalue weighted by atomic mass is 16.5. The lowest BCUT2D eigenvalue weighted by Crippen LogP contribution is -2.45. The van der Waals surface area contributed by atoms with Gasteiger partial charge >= 0.3 is 0 Å². The van der Waals surface area contributed by atoms with Crippen LogP contribution in [0.3, 0.4) is 0 Å². The third-order valence-corrected chi connectivity index (χ3v) is 3.08. The van der Waals surface area contributed by atoms with Gasteiger partial charge in [-0.3, -0.25) is 4.79 Å². The van der Waals surface area contributed by atoms with Gasteiger partial charge in [0, 0.05) is 25.6 Å². The topological polar surface area (TPSA) is 55.6 Å². The van der Waals surface area contributed by atoms with Crippen molar-refractivity contribution in [1.82, 2.24) is 4.90 Å². The summed E-state index contributed by atoms with van der Waals surface area (Å²) in [6.45, 7) is 3.55. The maximum atomic E-state index is 11.3. The van der Waals surface area contributed by atoms with Crippen molar-refractivity contribution in [2.75, 3.05) is 32.8 Å². The van der Waals surface area contributed by atoms with Crippen LogP contribution in [-0.4, -0.2) is 43.7 Å². The predicted molar refractivity (Wildman–Crippen MR) is 48.1 cm³/mol. The molecule has 2 N–H and O–H groups in total. The van der Waals surface area contributed by atoms with Crippen LogP contribution in [0.1, 0.15) is 6.42 Å². The quantitative estimate of drug-likeness (QED) is 0.594. The second-order valence-corrected chi connectivity index (χ2v) is 3.89. The van der Waals surface area contributed by atoms with Crippen molar-refractivity contribution >= 4 is 5.91 Å². The zero-order valence-electron chi connectivity index (χ0n) is 7.74. The molecule has 2 fully saturated rings. The van der Waals surface area contributed by atoms with Crippen molar-refractivity contribution in [3.8, 4) is 0 Å². The molecule has 13 heavy (non-hydrogen) atoms. The second-order valence-electron chi connectivity index (χ2n) is 3.89. The summed E-state index contributed by atoms with van der Waals surface area (Å²) in [6, 6.07) is 0. The lowest BCUT2D eigenvalue weighted by molar-refractivity contribution is -0.131. The third kappa shape index (κ3) is 1.69. The summed E-state index contributed by atoms with van der Waals surface area (Å²) in [4.78, 5) is 13.2. The van der Waals surface area contributed by atoms with Gasteiger partial charge < -0.3 is 15.4 Å². The summed E-state index contributed by atoms with van der Waals surface area (Å²) < 4.78 is 5.38. The maximum absolute atomic E-state index is 11.3. The molecule has 2 aliphatic rings. The molecule has 0 aromatic heterocycles. The van der Waals surface area contributed by atoms with Crippen LogP contribution in [-0.2, 0) is 9.53 Å². The Morgan fingerprint density at radius 3 is 3.00 bits per heavy atom. The predicted octanol–water partition coefficient (Wildman–Crippen LogP) is -0.560. The molecule has 74 valence electrons. The highest BCUT2D eigenvalue weighted by molar-refractivity contribution is 5.78. The van der Waals surface area contributed by atoms with Gasteiger partial charge in [-0.05, 0) is 12.3 Å². The summed E-state index contributed by atoms with van der Waals surface area (Å²) >= 11 is 0. The Bertz CT molecular complexity index is 208. The number of hydrogen-bond acceptors (Lipinski definition) is 3. The molecule has 2 aliphatic heterocycles. The zero-order valence-corrected chi connectivity index (χ0v) is 7.74. The summed E-state index contributed by atoms with van der Waals surface area (Å²) in [5.41, 5.74) is 5.32. The highest BCUT2D eigenvalue weighted by Gasteiger charge is 2.34. The minimum absolute atomic E-state index is 0.0744. The second kappa shape index (κ2) is 3.64. The molecule has 0 aliphatic carbocycles. The molecule has 2 saturated heterocycles. The lowest BCUT2D eigenvalue weighted by atomic mass is 9.89. The monoisotopic (exact) mass is 184 g/mol. The van der Waals surface area contributed by atoms with Gasteiger partial charge in [-0.2, -0.15) is 0 Å². The number of ether oxygens (including phenoxy) is 1. The van der Waals surface area contributed by atoms with Crippen molar-refractivity contribution < 1.29 is 9.53 Å². The maximum Gasteiger partial charge on any atom is 0.236 e. The lowest BCUT2D eigenvalue weighted by Gasteiger charge is -2.33. The van der Waals surface area contributed by atoms with Crippen LogP contribution in [0.15, 0.2) is 0 Å². The Hall–Kier alpha value is -0.610. The van der Waals surface area contributed by atoms with Gasteiger partial charge in [-0.15, -0.1) is 0 Å². The van der Waals surface area contributed by atoms with Crippen molar-refractivity contribution in [3.63, 3.8) is 0 Å². The number of nitrogens with two attached hydrogens (primary N) is 1. The Labute approximate surface area is 78.0 Å². The minimum atomic E-state index is 0.0744. The molecule has 4 heteroatoms. The molecule has 0 aromatic carbocycles. The first kappa shape index (κ1) is 8.97. The van der Waals surface area contributed by atoms with E-state index in [9.17, 15) is 4.79 Å². The first-order chi connectivity index (χ1) is 6.31. The van der Waals surface area contributed by atoms with Crippen LogP contribution in [0.5, 0.6) is 0 Å². The number of hydrogen-bond donors (Lipinski definition) is 1. The molecular weight excluding hydrogens is 168 g/mol. The SMILES string of the molecule is NCC(=O)N1CC[C@H]2COC[C@H]2C1. The van der Waals surface area contributed by atoms with Gasteiger partial charge in [-0.25, -0.2) is 0 Å². The summed E-state index contributed by atoms with van der Waals surface area (Å²) in [6.07, 6.45) is 1.08. The normalized spacial score (nSPS) is 33.2. The van der Waals surface area contributed by atoms with Gasteiger partial charge in [0.2, 0.25) is 5.91 Å². The van der Waals surface area contributed by atoms with E-state index in [4.69, 9.17) is 10.5 Å². The minimum Gasteiger partial charge on any atom is -0.381 e. The first-order valence-corrected chi connectivity index (χ1v) is 4.87. The number of piperidine rings is 1. The van der Waals surface area contributed by atoms with Crippen molar-refractivity contribution in [2.24, 2.45) is 17.6 Å². The number of carbonyl (C=O) groups excluding carboxylic acids is 1. The van der Waals surface area contributed by atoms with Gasteiger partial charge in [0.05, 0.1) is 13.2 Å². The van der Waals surface area contributed by atoms with E-state index in [2.05, 4.69) is 0 Å². The Morgan fingerprint density at radius 1 is 1.46 bits per heavy atom. The molecule has 2 atom stereocenters. The number of fused-ring (bicyclic) bond motifs is 1. The van der Waals surface area contributed by atoms with E-state index in [1.165, 1.54) is 0 Å². The average Bonchev–Trinajstić information content (AvgIpc) is 2.63. The zero-order chi connectivity index (χ0) is 9.26. The van der Waals surface area contributed by atoms with E-state index in [0.29, 0.717) is 11.8 Å². The van der Waals surface area contributed by atoms with Crippen LogP contribution in [0.25, 0.3) is 0 Å². The summed E-state index contributed by atoms with van der Waals surface area (Å²) in [5.74, 6) is 1.32. The number of amides is 1. The Kier molecular flexibility index (Phi) is 2.51. The van der Waals surface area contributed by atoms with Gasteiger partial charge in [0.15, 0.2) is 0 Å². The molecule has 0 aromatic rings. The van der Waals surface area contributed by atoms with Gasteiger partial charge in [0.25, 0.3) is 0 Å². The molecule has 2 rings (SSSR count). The number of likely N-dealkylation sites (tertiary alicyclic amines) is 1. The van der Waals surface area contributed by atoms with Crippen molar-refractivity contribution in [2.45, 2.75) is 6.42 Å². The number of nitrogens with zero attached hydrogens (tertiary/aromatic N) is 1. The molecule has 0 saturated carbocycles. The molecule has 2 heterocycles. The van der Waals surface area contributed by atoms with Crippen LogP contribution >= 0.6 is 0 Å². The van der Waals surface area contributed by atoms with Crippen molar-refractivity contribution in [1.29, 1.82) is 0 Å².